The van der Waals surface area contributed by atoms with Gasteiger partial charge in [-0.15, -0.1) is 0 Å². The average molecular weight is 402 g/mol. The Kier molecular flexibility index (Phi) is 4.89. The van der Waals surface area contributed by atoms with Crippen LogP contribution in [0.25, 0.3) is 22.1 Å². The highest BCUT2D eigenvalue weighted by Gasteiger charge is 2.44. The van der Waals surface area contributed by atoms with Crippen LogP contribution < -0.4 is 10.2 Å². The molecule has 3 aromatic rings. The normalized spacial score (nSPS) is 24.1. The van der Waals surface area contributed by atoms with Crippen molar-refractivity contribution in [1.29, 1.82) is 0 Å². The van der Waals surface area contributed by atoms with Crippen LogP contribution in [-0.4, -0.2) is 56.7 Å². The molecule has 1 aromatic heterocycles. The molecule has 0 amide bonds. The SMILES string of the molecule is O=c1c(-c2cccc(O)c2)coc2c(O)c(O[C@H]3O[C@H](CO)[C@@H](O)[C@@H]3O)ccc12. The van der Waals surface area contributed by atoms with E-state index in [0.717, 1.165) is 6.26 Å². The van der Waals surface area contributed by atoms with Crippen molar-refractivity contribution in [2.24, 2.45) is 0 Å². The summed E-state index contributed by atoms with van der Waals surface area (Å²) in [5.41, 5.74) is 0.0895. The molecule has 29 heavy (non-hydrogen) atoms. The van der Waals surface area contributed by atoms with E-state index >= 15 is 0 Å². The lowest BCUT2D eigenvalue weighted by molar-refractivity contribution is -0.117. The molecule has 5 N–H and O–H groups in total. The van der Waals surface area contributed by atoms with Gasteiger partial charge in [0.05, 0.1) is 17.6 Å². The molecule has 0 unspecified atom stereocenters. The lowest BCUT2D eigenvalue weighted by atomic mass is 10.0. The Morgan fingerprint density at radius 2 is 1.86 bits per heavy atom. The standard InChI is InChI=1S/C20H18O9/c21-7-14-16(24)18(26)20(29-14)28-13-5-4-11-15(23)12(8-27-19(11)17(13)25)9-2-1-3-10(22)6-9/h1-6,8,14,16,18,20-22,24-26H,7H2/t14-,16-,18+,20+/m1/s1. The minimum Gasteiger partial charge on any atom is -0.508 e. The molecule has 1 saturated heterocycles. The number of ether oxygens (including phenoxy) is 2. The summed E-state index contributed by atoms with van der Waals surface area (Å²) >= 11 is 0. The molecule has 0 aliphatic carbocycles. The summed E-state index contributed by atoms with van der Waals surface area (Å²) in [6.07, 6.45) is -3.99. The quantitative estimate of drug-likeness (QED) is 0.425. The first kappa shape index (κ1) is 19.2. The first-order chi connectivity index (χ1) is 13.9. The van der Waals surface area contributed by atoms with Crippen LogP contribution in [0.2, 0.25) is 0 Å². The molecule has 0 spiro atoms. The second-order valence-corrected chi connectivity index (χ2v) is 6.64. The number of hydrogen-bond donors (Lipinski definition) is 5. The lowest BCUT2D eigenvalue weighted by Gasteiger charge is -2.18. The Balaban J connectivity index is 1.70. The smallest absolute Gasteiger partial charge is 0.229 e. The van der Waals surface area contributed by atoms with E-state index < -0.39 is 42.4 Å². The molecule has 152 valence electrons. The van der Waals surface area contributed by atoms with E-state index in [1.54, 1.807) is 12.1 Å². The fraction of sp³-hybridized carbons (Fsp3) is 0.250. The molecule has 2 aromatic carbocycles. The van der Waals surface area contributed by atoms with Gasteiger partial charge in [0.1, 0.15) is 30.3 Å². The summed E-state index contributed by atoms with van der Waals surface area (Å²) < 4.78 is 16.1. The summed E-state index contributed by atoms with van der Waals surface area (Å²) in [6.45, 7) is -0.519. The maximum absolute atomic E-state index is 12.8. The molecule has 2 heterocycles. The minimum atomic E-state index is -1.44. The highest BCUT2D eigenvalue weighted by molar-refractivity contribution is 5.87. The van der Waals surface area contributed by atoms with Crippen LogP contribution in [-0.2, 0) is 4.74 Å². The van der Waals surface area contributed by atoms with E-state index in [-0.39, 0.29) is 28.0 Å². The monoisotopic (exact) mass is 402 g/mol. The molecule has 0 radical (unpaired) electrons. The Morgan fingerprint density at radius 1 is 1.07 bits per heavy atom. The largest absolute Gasteiger partial charge is 0.508 e. The Bertz CT molecular complexity index is 1110. The van der Waals surface area contributed by atoms with Crippen molar-refractivity contribution in [3.63, 3.8) is 0 Å². The van der Waals surface area contributed by atoms with Gasteiger partial charge in [-0.25, -0.2) is 0 Å². The second-order valence-electron chi connectivity index (χ2n) is 6.64. The molecule has 0 saturated carbocycles. The van der Waals surface area contributed by atoms with Crippen LogP contribution in [0.15, 0.2) is 51.9 Å². The summed E-state index contributed by atoms with van der Waals surface area (Å²) in [5.74, 6) is -0.632. The van der Waals surface area contributed by atoms with Gasteiger partial charge in [0.2, 0.25) is 17.5 Å². The fourth-order valence-electron chi connectivity index (χ4n) is 3.22. The van der Waals surface area contributed by atoms with Crippen molar-refractivity contribution in [3.8, 4) is 28.4 Å². The van der Waals surface area contributed by atoms with Crippen molar-refractivity contribution < 1.29 is 39.4 Å². The van der Waals surface area contributed by atoms with Gasteiger partial charge in [0.15, 0.2) is 11.3 Å². The Hall–Kier alpha value is -3.11. The second kappa shape index (κ2) is 7.37. The van der Waals surface area contributed by atoms with Gasteiger partial charge in [-0.1, -0.05) is 12.1 Å². The van der Waals surface area contributed by atoms with Crippen LogP contribution in [0.1, 0.15) is 0 Å². The van der Waals surface area contributed by atoms with E-state index in [1.165, 1.54) is 24.3 Å². The third kappa shape index (κ3) is 3.30. The molecule has 4 rings (SSSR count). The van der Waals surface area contributed by atoms with E-state index in [9.17, 15) is 25.2 Å². The van der Waals surface area contributed by atoms with Crippen LogP contribution in [0.3, 0.4) is 0 Å². The van der Waals surface area contributed by atoms with Crippen molar-refractivity contribution >= 4 is 11.0 Å². The maximum Gasteiger partial charge on any atom is 0.229 e. The van der Waals surface area contributed by atoms with Crippen molar-refractivity contribution in [3.05, 3.63) is 52.9 Å². The van der Waals surface area contributed by atoms with Gasteiger partial charge < -0.3 is 39.4 Å². The van der Waals surface area contributed by atoms with E-state index in [0.29, 0.717) is 5.56 Å². The number of aromatic hydroxyl groups is 2. The third-order valence-corrected chi connectivity index (χ3v) is 4.78. The molecule has 9 nitrogen and oxygen atoms in total. The number of phenolic OH excluding ortho intramolecular Hbond substituents is 2. The predicted octanol–water partition coefficient (Wildman–Crippen LogP) is 0.689. The number of rotatable bonds is 4. The van der Waals surface area contributed by atoms with E-state index in [1.807, 2.05) is 0 Å². The molecular formula is C20H18O9. The van der Waals surface area contributed by atoms with Gasteiger partial charge in [0, 0.05) is 0 Å². The van der Waals surface area contributed by atoms with Gasteiger partial charge >= 0.3 is 0 Å². The zero-order chi connectivity index (χ0) is 20.7. The summed E-state index contributed by atoms with van der Waals surface area (Å²) in [5, 5.41) is 49.1. The number of hydrogen-bond acceptors (Lipinski definition) is 9. The first-order valence-electron chi connectivity index (χ1n) is 8.76. The van der Waals surface area contributed by atoms with Crippen LogP contribution in [0.5, 0.6) is 17.2 Å². The molecular weight excluding hydrogens is 384 g/mol. The topological polar surface area (TPSA) is 150 Å². The molecule has 0 bridgehead atoms. The van der Waals surface area contributed by atoms with Gasteiger partial charge in [-0.05, 0) is 29.8 Å². The van der Waals surface area contributed by atoms with Gasteiger partial charge in [-0.3, -0.25) is 4.79 Å². The molecule has 9 heteroatoms. The zero-order valence-electron chi connectivity index (χ0n) is 14.9. The summed E-state index contributed by atoms with van der Waals surface area (Å²) in [4.78, 5) is 12.8. The minimum absolute atomic E-state index is 0.00733. The Labute approximate surface area is 163 Å². The maximum atomic E-state index is 12.8. The van der Waals surface area contributed by atoms with E-state index in [2.05, 4.69) is 0 Å². The number of aliphatic hydroxyl groups is 3. The van der Waals surface area contributed by atoms with Gasteiger partial charge in [-0.2, -0.15) is 0 Å². The number of phenols is 2. The average Bonchev–Trinajstić information content (AvgIpc) is 2.98. The van der Waals surface area contributed by atoms with Crippen LogP contribution in [0.4, 0.5) is 0 Å². The molecule has 1 fully saturated rings. The number of fused-ring (bicyclic) bond motifs is 1. The fourth-order valence-corrected chi connectivity index (χ4v) is 3.22. The van der Waals surface area contributed by atoms with Crippen LogP contribution >= 0.6 is 0 Å². The van der Waals surface area contributed by atoms with Gasteiger partial charge in [0.25, 0.3) is 0 Å². The number of benzene rings is 2. The zero-order valence-corrected chi connectivity index (χ0v) is 14.9. The van der Waals surface area contributed by atoms with Crippen molar-refractivity contribution in [1.82, 2.24) is 0 Å². The lowest BCUT2D eigenvalue weighted by Crippen LogP contribution is -2.35. The van der Waals surface area contributed by atoms with Crippen LogP contribution in [0, 0.1) is 0 Å². The molecule has 1 aliphatic rings. The third-order valence-electron chi connectivity index (χ3n) is 4.78. The summed E-state index contributed by atoms with van der Waals surface area (Å²) in [6, 6.07) is 8.79. The molecule has 4 atom stereocenters. The van der Waals surface area contributed by atoms with E-state index in [4.69, 9.17) is 19.0 Å². The highest BCUT2D eigenvalue weighted by Crippen LogP contribution is 2.36. The number of aliphatic hydroxyl groups excluding tert-OH is 3. The Morgan fingerprint density at radius 3 is 2.55 bits per heavy atom. The highest BCUT2D eigenvalue weighted by atomic mass is 16.7. The van der Waals surface area contributed by atoms with Crippen molar-refractivity contribution in [2.75, 3.05) is 6.61 Å². The first-order valence-corrected chi connectivity index (χ1v) is 8.76. The van der Waals surface area contributed by atoms with Crippen molar-refractivity contribution in [2.45, 2.75) is 24.6 Å². The predicted molar refractivity (Wildman–Crippen MR) is 99.6 cm³/mol. The molecule has 1 aliphatic heterocycles. The summed E-state index contributed by atoms with van der Waals surface area (Å²) in [7, 11) is 0.